The average Bonchev–Trinajstić information content (AvgIpc) is 2.83. The van der Waals surface area contributed by atoms with Crippen LogP contribution in [0.25, 0.3) is 22.4 Å². The Kier molecular flexibility index (Phi) is 2.93. The summed E-state index contributed by atoms with van der Waals surface area (Å²) >= 11 is 0. The minimum atomic E-state index is -4.46. The average molecular weight is 298 g/mol. The normalized spacial score (nSPS) is 12.0. The van der Waals surface area contributed by atoms with E-state index in [9.17, 15) is 22.0 Å². The van der Waals surface area contributed by atoms with E-state index < -0.39 is 23.4 Å². The number of halogens is 5. The summed E-state index contributed by atoms with van der Waals surface area (Å²) in [7, 11) is 0. The first-order valence-corrected chi connectivity index (χ1v) is 5.87. The Morgan fingerprint density at radius 3 is 2.33 bits per heavy atom. The van der Waals surface area contributed by atoms with E-state index in [1.165, 1.54) is 12.1 Å². The van der Waals surface area contributed by atoms with Crippen LogP contribution in [-0.4, -0.2) is 9.97 Å². The number of nitrogens with one attached hydrogen (secondary N) is 1. The number of alkyl halides is 3. The fourth-order valence-electron chi connectivity index (χ4n) is 1.97. The number of aromatic amines is 1. The predicted octanol–water partition coefficient (Wildman–Crippen LogP) is 4.53. The van der Waals surface area contributed by atoms with Gasteiger partial charge in [-0.15, -0.1) is 0 Å². The van der Waals surface area contributed by atoms with Crippen LogP contribution in [-0.2, 0) is 6.18 Å². The number of aromatic nitrogens is 2. The molecule has 7 heteroatoms. The van der Waals surface area contributed by atoms with Gasteiger partial charge in [-0.25, -0.2) is 13.8 Å². The lowest BCUT2D eigenvalue weighted by Crippen LogP contribution is -2.04. The number of benzene rings is 2. The molecule has 1 heterocycles. The summed E-state index contributed by atoms with van der Waals surface area (Å²) in [4.78, 5) is 6.74. The molecule has 2 aromatic carbocycles. The number of H-pyrrole nitrogens is 1. The van der Waals surface area contributed by atoms with Crippen molar-refractivity contribution >= 4 is 11.0 Å². The molecule has 21 heavy (non-hydrogen) atoms. The second kappa shape index (κ2) is 4.54. The number of hydrogen-bond acceptors (Lipinski definition) is 1. The highest BCUT2D eigenvalue weighted by Gasteiger charge is 2.30. The van der Waals surface area contributed by atoms with E-state index in [0.29, 0.717) is 5.52 Å². The van der Waals surface area contributed by atoms with Crippen molar-refractivity contribution in [1.29, 1.82) is 0 Å². The first kappa shape index (κ1) is 13.5. The van der Waals surface area contributed by atoms with Crippen LogP contribution in [0.2, 0.25) is 0 Å². The molecule has 0 aliphatic carbocycles. The maximum absolute atomic E-state index is 13.2. The van der Waals surface area contributed by atoms with E-state index in [-0.39, 0.29) is 16.9 Å². The molecule has 0 aliphatic heterocycles. The molecule has 1 aromatic heterocycles. The number of hydrogen-bond donors (Lipinski definition) is 1. The quantitative estimate of drug-likeness (QED) is 0.657. The van der Waals surface area contributed by atoms with Gasteiger partial charge in [0, 0.05) is 5.56 Å². The van der Waals surface area contributed by atoms with Crippen LogP contribution in [0.4, 0.5) is 22.0 Å². The molecule has 0 saturated carbocycles. The lowest BCUT2D eigenvalue weighted by molar-refractivity contribution is -0.137. The lowest BCUT2D eigenvalue weighted by atomic mass is 10.2. The third-order valence-electron chi connectivity index (χ3n) is 3.00. The Hall–Kier alpha value is -2.44. The first-order valence-electron chi connectivity index (χ1n) is 5.87. The van der Waals surface area contributed by atoms with Gasteiger partial charge in [0.1, 0.15) is 5.82 Å². The van der Waals surface area contributed by atoms with Crippen molar-refractivity contribution < 1.29 is 22.0 Å². The summed E-state index contributed by atoms with van der Waals surface area (Å²) in [5.41, 5.74) is -0.0820. The zero-order chi connectivity index (χ0) is 15.2. The standard InChI is InChI=1S/C14H7F5N2/c15-9-3-1-7(5-10(9)16)13-20-11-4-2-8(14(17,18)19)6-12(11)21-13/h1-6H,(H,20,21). The van der Waals surface area contributed by atoms with Gasteiger partial charge in [-0.3, -0.25) is 0 Å². The van der Waals surface area contributed by atoms with Gasteiger partial charge in [0.15, 0.2) is 11.6 Å². The van der Waals surface area contributed by atoms with Crippen LogP contribution < -0.4 is 0 Å². The van der Waals surface area contributed by atoms with E-state index in [1.807, 2.05) is 0 Å². The number of fused-ring (bicyclic) bond motifs is 1. The van der Waals surface area contributed by atoms with Crippen LogP contribution in [0.15, 0.2) is 36.4 Å². The maximum atomic E-state index is 13.2. The van der Waals surface area contributed by atoms with Gasteiger partial charge < -0.3 is 4.98 Å². The van der Waals surface area contributed by atoms with Gasteiger partial charge in [-0.05, 0) is 36.4 Å². The fourth-order valence-corrected chi connectivity index (χ4v) is 1.97. The Labute approximate surface area is 115 Å². The van der Waals surface area contributed by atoms with Crippen LogP contribution >= 0.6 is 0 Å². The molecule has 108 valence electrons. The summed E-state index contributed by atoms with van der Waals surface area (Å²) in [5.74, 6) is -1.89. The SMILES string of the molecule is Fc1ccc(-c2nc3ccc(C(F)(F)F)cc3[nH]2)cc1F. The molecule has 0 radical (unpaired) electrons. The minimum Gasteiger partial charge on any atom is -0.338 e. The van der Waals surface area contributed by atoms with Gasteiger partial charge >= 0.3 is 6.18 Å². The molecular formula is C14H7F5N2. The highest BCUT2D eigenvalue weighted by Crippen LogP contribution is 2.31. The molecule has 0 unspecified atom stereocenters. The third kappa shape index (κ3) is 2.46. The minimum absolute atomic E-state index is 0.170. The lowest BCUT2D eigenvalue weighted by Gasteiger charge is -2.05. The molecule has 0 amide bonds. The van der Waals surface area contributed by atoms with Crippen molar-refractivity contribution in [1.82, 2.24) is 9.97 Å². The Balaban J connectivity index is 2.10. The largest absolute Gasteiger partial charge is 0.416 e. The maximum Gasteiger partial charge on any atom is 0.416 e. The number of nitrogens with zero attached hydrogens (tertiary/aromatic N) is 1. The van der Waals surface area contributed by atoms with E-state index in [2.05, 4.69) is 9.97 Å². The monoisotopic (exact) mass is 298 g/mol. The molecule has 0 aliphatic rings. The van der Waals surface area contributed by atoms with Gasteiger partial charge in [-0.1, -0.05) is 0 Å². The summed E-state index contributed by atoms with van der Waals surface area (Å²) in [6, 6.07) is 6.21. The van der Waals surface area contributed by atoms with Crippen molar-refractivity contribution in [2.45, 2.75) is 6.18 Å². The molecule has 3 rings (SSSR count). The third-order valence-corrected chi connectivity index (χ3v) is 3.00. The van der Waals surface area contributed by atoms with Crippen molar-refractivity contribution in [3.05, 3.63) is 53.6 Å². The summed E-state index contributed by atoms with van der Waals surface area (Å²) in [6.07, 6.45) is -4.46. The zero-order valence-corrected chi connectivity index (χ0v) is 10.3. The molecule has 0 bridgehead atoms. The topological polar surface area (TPSA) is 28.7 Å². The Morgan fingerprint density at radius 2 is 1.67 bits per heavy atom. The van der Waals surface area contributed by atoms with E-state index in [4.69, 9.17) is 0 Å². The van der Waals surface area contributed by atoms with Crippen molar-refractivity contribution in [3.8, 4) is 11.4 Å². The van der Waals surface area contributed by atoms with Crippen molar-refractivity contribution in [2.75, 3.05) is 0 Å². The van der Waals surface area contributed by atoms with E-state index >= 15 is 0 Å². The smallest absolute Gasteiger partial charge is 0.338 e. The predicted molar refractivity (Wildman–Crippen MR) is 66.4 cm³/mol. The van der Waals surface area contributed by atoms with Gasteiger partial charge in [0.05, 0.1) is 16.6 Å². The Bertz CT molecular complexity index is 820. The molecular weight excluding hydrogens is 291 g/mol. The molecule has 0 fully saturated rings. The number of imidazole rings is 1. The Morgan fingerprint density at radius 1 is 0.905 bits per heavy atom. The fraction of sp³-hybridized carbons (Fsp3) is 0.0714. The molecule has 3 aromatic rings. The molecule has 0 atom stereocenters. The van der Waals surface area contributed by atoms with Crippen molar-refractivity contribution in [3.63, 3.8) is 0 Å². The second-order valence-electron chi connectivity index (χ2n) is 4.44. The summed E-state index contributed by atoms with van der Waals surface area (Å²) < 4.78 is 63.9. The summed E-state index contributed by atoms with van der Waals surface area (Å²) in [5, 5.41) is 0. The van der Waals surface area contributed by atoms with E-state index in [1.54, 1.807) is 0 Å². The van der Waals surface area contributed by atoms with Crippen LogP contribution in [0.5, 0.6) is 0 Å². The van der Waals surface area contributed by atoms with E-state index in [0.717, 1.165) is 24.3 Å². The van der Waals surface area contributed by atoms with Crippen LogP contribution in [0.1, 0.15) is 5.56 Å². The molecule has 0 saturated heterocycles. The molecule has 1 N–H and O–H groups in total. The highest BCUT2D eigenvalue weighted by molar-refractivity contribution is 5.80. The van der Waals surface area contributed by atoms with Gasteiger partial charge in [0.25, 0.3) is 0 Å². The highest BCUT2D eigenvalue weighted by atomic mass is 19.4. The van der Waals surface area contributed by atoms with Crippen LogP contribution in [0.3, 0.4) is 0 Å². The first-order chi connectivity index (χ1) is 9.84. The number of rotatable bonds is 1. The van der Waals surface area contributed by atoms with Crippen molar-refractivity contribution in [2.24, 2.45) is 0 Å². The summed E-state index contributed by atoms with van der Waals surface area (Å²) in [6.45, 7) is 0. The second-order valence-corrected chi connectivity index (χ2v) is 4.44. The van der Waals surface area contributed by atoms with Gasteiger partial charge in [0.2, 0.25) is 0 Å². The molecule has 2 nitrogen and oxygen atoms in total. The van der Waals surface area contributed by atoms with Crippen LogP contribution in [0, 0.1) is 11.6 Å². The van der Waals surface area contributed by atoms with Gasteiger partial charge in [-0.2, -0.15) is 13.2 Å². The molecule has 0 spiro atoms. The zero-order valence-electron chi connectivity index (χ0n) is 10.3.